The molecule has 0 aromatic carbocycles. The maximum atomic E-state index is 8.64. The molecule has 0 spiro atoms. The molecule has 2 aromatic heterocycles. The lowest BCUT2D eigenvalue weighted by molar-refractivity contribution is 1.15. The van der Waals surface area contributed by atoms with Crippen molar-refractivity contribution in [2.75, 3.05) is 5.32 Å². The molecule has 0 fully saturated rings. The highest BCUT2D eigenvalue weighted by molar-refractivity contribution is 7.16. The molecule has 0 bridgehead atoms. The number of hydrogen-bond donors (Lipinski definition) is 1. The lowest BCUT2D eigenvalue weighted by Crippen LogP contribution is -1.97. The van der Waals surface area contributed by atoms with Crippen LogP contribution in [0.1, 0.15) is 15.3 Å². The molecular formula is C10H9N3S2. The average Bonchev–Trinajstić information content (AvgIpc) is 2.84. The van der Waals surface area contributed by atoms with Crippen molar-refractivity contribution in [1.82, 2.24) is 4.98 Å². The van der Waals surface area contributed by atoms with Crippen LogP contribution in [0.25, 0.3) is 0 Å². The minimum absolute atomic E-state index is 0.639. The molecule has 15 heavy (non-hydrogen) atoms. The molecule has 0 radical (unpaired) electrons. The third-order valence-corrected chi connectivity index (χ3v) is 3.87. The summed E-state index contributed by atoms with van der Waals surface area (Å²) in [5.74, 6) is 0. The Balaban J connectivity index is 2.00. The molecule has 0 atom stereocenters. The minimum atomic E-state index is 0.639. The summed E-state index contributed by atoms with van der Waals surface area (Å²) in [4.78, 5) is 6.05. The van der Waals surface area contributed by atoms with Gasteiger partial charge in [0.05, 0.1) is 12.7 Å². The first-order valence-corrected chi connectivity index (χ1v) is 6.12. The molecule has 5 heteroatoms. The molecule has 0 aliphatic heterocycles. The van der Waals surface area contributed by atoms with Gasteiger partial charge in [0.25, 0.3) is 0 Å². The fraction of sp³-hybridized carbons (Fsp3) is 0.200. The number of nitrogens with zero attached hydrogens (tertiary/aromatic N) is 2. The third-order valence-electron chi connectivity index (χ3n) is 1.98. The number of nitrogens with one attached hydrogen (secondary N) is 1. The Hall–Kier alpha value is -1.38. The van der Waals surface area contributed by atoms with Crippen LogP contribution >= 0.6 is 22.7 Å². The predicted octanol–water partition coefficient (Wildman–Crippen LogP) is 3.00. The Labute approximate surface area is 96.0 Å². The number of thiophene rings is 1. The zero-order valence-electron chi connectivity index (χ0n) is 8.15. The molecule has 2 heterocycles. The van der Waals surface area contributed by atoms with E-state index < -0.39 is 0 Å². The van der Waals surface area contributed by atoms with Crippen LogP contribution in [-0.4, -0.2) is 4.98 Å². The van der Waals surface area contributed by atoms with E-state index in [0.29, 0.717) is 4.88 Å². The topological polar surface area (TPSA) is 48.7 Å². The Bertz CT molecular complexity index is 493. The Morgan fingerprint density at radius 3 is 3.07 bits per heavy atom. The van der Waals surface area contributed by atoms with Crippen LogP contribution in [-0.2, 0) is 6.54 Å². The van der Waals surface area contributed by atoms with Gasteiger partial charge in [-0.3, -0.25) is 0 Å². The van der Waals surface area contributed by atoms with E-state index in [4.69, 9.17) is 5.26 Å². The summed E-state index contributed by atoms with van der Waals surface area (Å²) in [7, 11) is 0. The largest absolute Gasteiger partial charge is 0.357 e. The van der Waals surface area contributed by atoms with E-state index >= 15 is 0 Å². The summed E-state index contributed by atoms with van der Waals surface area (Å²) in [5, 5.41) is 14.7. The van der Waals surface area contributed by atoms with E-state index in [9.17, 15) is 0 Å². The molecule has 76 valence electrons. The summed E-state index contributed by atoms with van der Waals surface area (Å²) in [6.07, 6.45) is 1.59. The number of aromatic nitrogens is 1. The summed E-state index contributed by atoms with van der Waals surface area (Å²) in [5.41, 5.74) is 1.30. The van der Waals surface area contributed by atoms with Crippen molar-refractivity contribution in [3.63, 3.8) is 0 Å². The molecule has 0 aliphatic rings. The summed E-state index contributed by atoms with van der Waals surface area (Å²) < 4.78 is 0. The number of hydrogen-bond acceptors (Lipinski definition) is 5. The molecule has 0 amide bonds. The zero-order valence-corrected chi connectivity index (χ0v) is 9.78. The van der Waals surface area contributed by atoms with Crippen LogP contribution in [0.3, 0.4) is 0 Å². The van der Waals surface area contributed by atoms with E-state index in [-0.39, 0.29) is 0 Å². The molecule has 1 N–H and O–H groups in total. The van der Waals surface area contributed by atoms with Gasteiger partial charge in [-0.2, -0.15) is 5.26 Å². The smallest absolute Gasteiger partial charge is 0.184 e. The molecule has 2 rings (SSSR count). The van der Waals surface area contributed by atoms with Crippen LogP contribution in [0.15, 0.2) is 17.6 Å². The molecule has 3 nitrogen and oxygen atoms in total. The molecule has 0 aliphatic carbocycles. The Morgan fingerprint density at radius 2 is 2.47 bits per heavy atom. The lowest BCUT2D eigenvalue weighted by Gasteiger charge is -2.00. The van der Waals surface area contributed by atoms with Crippen LogP contribution in [0, 0.1) is 18.3 Å². The van der Waals surface area contributed by atoms with E-state index in [1.54, 1.807) is 17.5 Å². The molecule has 0 saturated heterocycles. The van der Waals surface area contributed by atoms with E-state index in [2.05, 4.69) is 34.7 Å². The lowest BCUT2D eigenvalue weighted by atomic mass is 10.3. The zero-order chi connectivity index (χ0) is 10.7. The van der Waals surface area contributed by atoms with Gasteiger partial charge in [0.2, 0.25) is 0 Å². The normalized spacial score (nSPS) is 9.87. The molecule has 0 saturated carbocycles. The predicted molar refractivity (Wildman–Crippen MR) is 63.2 cm³/mol. The number of anilines is 1. The van der Waals surface area contributed by atoms with Crippen LogP contribution in [0.5, 0.6) is 0 Å². The molecule has 0 unspecified atom stereocenters. The van der Waals surface area contributed by atoms with E-state index in [1.165, 1.54) is 21.8 Å². The van der Waals surface area contributed by atoms with Crippen molar-refractivity contribution >= 4 is 27.8 Å². The second-order valence-electron chi connectivity index (χ2n) is 3.02. The second kappa shape index (κ2) is 4.43. The Morgan fingerprint density at radius 1 is 1.60 bits per heavy atom. The number of aryl methyl sites for hydroxylation is 1. The SMILES string of the molecule is Cc1ccsc1CNc1ncc(C#N)s1. The maximum Gasteiger partial charge on any atom is 0.184 e. The van der Waals surface area contributed by atoms with E-state index in [1.807, 2.05) is 0 Å². The van der Waals surface area contributed by atoms with Gasteiger partial charge in [-0.1, -0.05) is 11.3 Å². The van der Waals surface area contributed by atoms with E-state index in [0.717, 1.165) is 11.7 Å². The van der Waals surface area contributed by atoms with Crippen molar-refractivity contribution in [3.8, 4) is 6.07 Å². The van der Waals surface area contributed by atoms with Crippen molar-refractivity contribution in [2.45, 2.75) is 13.5 Å². The fourth-order valence-electron chi connectivity index (χ4n) is 1.15. The quantitative estimate of drug-likeness (QED) is 0.889. The molecule has 2 aromatic rings. The maximum absolute atomic E-state index is 8.64. The van der Waals surface area contributed by atoms with Gasteiger partial charge in [0.15, 0.2) is 5.13 Å². The van der Waals surface area contributed by atoms with Gasteiger partial charge in [-0.15, -0.1) is 11.3 Å². The van der Waals surface area contributed by atoms with Crippen molar-refractivity contribution in [1.29, 1.82) is 5.26 Å². The monoisotopic (exact) mass is 235 g/mol. The van der Waals surface area contributed by atoms with Gasteiger partial charge in [-0.05, 0) is 23.9 Å². The minimum Gasteiger partial charge on any atom is -0.357 e. The van der Waals surface area contributed by atoms with Crippen LogP contribution in [0.2, 0.25) is 0 Å². The van der Waals surface area contributed by atoms with Gasteiger partial charge < -0.3 is 5.32 Å². The van der Waals surface area contributed by atoms with Crippen LogP contribution < -0.4 is 5.32 Å². The first-order chi connectivity index (χ1) is 7.29. The first-order valence-electron chi connectivity index (χ1n) is 4.42. The highest BCUT2D eigenvalue weighted by Gasteiger charge is 2.02. The fourth-order valence-corrected chi connectivity index (χ4v) is 2.60. The van der Waals surface area contributed by atoms with Gasteiger partial charge in [0, 0.05) is 4.88 Å². The molecular weight excluding hydrogens is 226 g/mol. The number of nitriles is 1. The number of rotatable bonds is 3. The van der Waals surface area contributed by atoms with Crippen molar-refractivity contribution in [2.24, 2.45) is 0 Å². The van der Waals surface area contributed by atoms with Crippen molar-refractivity contribution < 1.29 is 0 Å². The first kappa shape index (κ1) is 10.1. The standard InChI is InChI=1S/C10H9N3S2/c1-7-2-3-14-9(7)6-13-10-12-5-8(4-11)15-10/h2-3,5H,6H2,1H3,(H,12,13). The average molecular weight is 235 g/mol. The summed E-state index contributed by atoms with van der Waals surface area (Å²) in [6, 6.07) is 4.17. The number of thiazole rings is 1. The van der Waals surface area contributed by atoms with Crippen LogP contribution in [0.4, 0.5) is 5.13 Å². The van der Waals surface area contributed by atoms with Gasteiger partial charge in [-0.25, -0.2) is 4.98 Å². The highest BCUT2D eigenvalue weighted by atomic mass is 32.1. The summed E-state index contributed by atoms with van der Waals surface area (Å²) in [6.45, 7) is 2.87. The third kappa shape index (κ3) is 2.35. The Kier molecular flexibility index (Phi) is 2.99. The van der Waals surface area contributed by atoms with Gasteiger partial charge in [0.1, 0.15) is 10.9 Å². The van der Waals surface area contributed by atoms with Gasteiger partial charge >= 0.3 is 0 Å². The second-order valence-corrected chi connectivity index (χ2v) is 5.05. The summed E-state index contributed by atoms with van der Waals surface area (Å²) >= 11 is 3.11. The van der Waals surface area contributed by atoms with Crippen molar-refractivity contribution in [3.05, 3.63) is 33.0 Å². The highest BCUT2D eigenvalue weighted by Crippen LogP contribution is 2.20.